The van der Waals surface area contributed by atoms with Crippen LogP contribution in [0.4, 0.5) is 4.79 Å². The molecule has 104 valence electrons. The van der Waals surface area contributed by atoms with Gasteiger partial charge >= 0.3 is 6.09 Å². The van der Waals surface area contributed by atoms with Crippen molar-refractivity contribution in [3.63, 3.8) is 0 Å². The summed E-state index contributed by atoms with van der Waals surface area (Å²) in [5.41, 5.74) is -0.407. The molecular formula is C13H25N3O2. The Morgan fingerprint density at radius 1 is 1.39 bits per heavy atom. The van der Waals surface area contributed by atoms with Crippen molar-refractivity contribution in [2.75, 3.05) is 26.2 Å². The lowest BCUT2D eigenvalue weighted by molar-refractivity contribution is 0.0234. The maximum atomic E-state index is 12.1. The van der Waals surface area contributed by atoms with E-state index in [4.69, 9.17) is 4.74 Å². The molecule has 0 atom stereocenters. The topological polar surface area (TPSA) is 53.6 Å². The second-order valence-corrected chi connectivity index (χ2v) is 6.21. The second-order valence-electron chi connectivity index (χ2n) is 6.21. The van der Waals surface area contributed by atoms with E-state index >= 15 is 0 Å². The molecule has 2 aliphatic rings. The normalized spacial score (nSPS) is 20.4. The van der Waals surface area contributed by atoms with Crippen molar-refractivity contribution in [1.82, 2.24) is 15.5 Å². The van der Waals surface area contributed by atoms with E-state index < -0.39 is 5.60 Å². The van der Waals surface area contributed by atoms with Crippen molar-refractivity contribution in [1.29, 1.82) is 0 Å². The van der Waals surface area contributed by atoms with Crippen LogP contribution in [0.2, 0.25) is 0 Å². The first-order valence-electron chi connectivity index (χ1n) is 6.89. The van der Waals surface area contributed by atoms with Crippen LogP contribution in [0.1, 0.15) is 33.6 Å². The van der Waals surface area contributed by atoms with Gasteiger partial charge in [0.05, 0.1) is 0 Å². The second kappa shape index (κ2) is 5.45. The maximum Gasteiger partial charge on any atom is 0.410 e. The van der Waals surface area contributed by atoms with Gasteiger partial charge < -0.3 is 20.3 Å². The first kappa shape index (κ1) is 13.6. The third-order valence-electron chi connectivity index (χ3n) is 3.18. The third kappa shape index (κ3) is 4.14. The van der Waals surface area contributed by atoms with Crippen molar-refractivity contribution >= 4 is 6.09 Å². The first-order chi connectivity index (χ1) is 8.46. The Labute approximate surface area is 109 Å². The van der Waals surface area contributed by atoms with Crippen LogP contribution in [-0.2, 0) is 4.74 Å². The maximum absolute atomic E-state index is 12.1. The molecule has 0 spiro atoms. The van der Waals surface area contributed by atoms with E-state index in [9.17, 15) is 4.79 Å². The molecular weight excluding hydrogens is 230 g/mol. The molecule has 2 fully saturated rings. The molecule has 18 heavy (non-hydrogen) atoms. The number of ether oxygens (including phenoxy) is 1. The summed E-state index contributed by atoms with van der Waals surface area (Å²) in [5.74, 6) is 0. The van der Waals surface area contributed by atoms with E-state index in [0.717, 1.165) is 39.0 Å². The summed E-state index contributed by atoms with van der Waals surface area (Å²) in [5, 5.41) is 6.66. The third-order valence-corrected chi connectivity index (χ3v) is 3.18. The van der Waals surface area contributed by atoms with Crippen molar-refractivity contribution in [3.05, 3.63) is 0 Å². The Balaban J connectivity index is 1.74. The highest BCUT2D eigenvalue weighted by molar-refractivity contribution is 5.69. The zero-order valence-corrected chi connectivity index (χ0v) is 11.7. The molecule has 1 aliphatic heterocycles. The molecule has 0 aromatic heterocycles. The molecule has 0 unspecified atom stereocenters. The van der Waals surface area contributed by atoms with Gasteiger partial charge in [-0.05, 0) is 33.6 Å². The van der Waals surface area contributed by atoms with E-state index in [1.165, 1.54) is 0 Å². The summed E-state index contributed by atoms with van der Waals surface area (Å²) in [6, 6.07) is 0.978. The average Bonchev–Trinajstić information content (AvgIpc) is 2.95. The summed E-state index contributed by atoms with van der Waals surface area (Å²) >= 11 is 0. The smallest absolute Gasteiger partial charge is 0.410 e. The number of nitrogens with zero attached hydrogens (tertiary/aromatic N) is 1. The van der Waals surface area contributed by atoms with Gasteiger partial charge in [0.25, 0.3) is 0 Å². The van der Waals surface area contributed by atoms with Crippen LogP contribution in [0.3, 0.4) is 0 Å². The average molecular weight is 255 g/mol. The Morgan fingerprint density at radius 2 is 2.06 bits per heavy atom. The van der Waals surface area contributed by atoms with Crippen LogP contribution >= 0.6 is 0 Å². The highest BCUT2D eigenvalue weighted by Crippen LogP contribution is 2.28. The molecule has 5 nitrogen and oxygen atoms in total. The van der Waals surface area contributed by atoms with Gasteiger partial charge in [-0.25, -0.2) is 4.79 Å². The highest BCUT2D eigenvalue weighted by Gasteiger charge is 2.34. The summed E-state index contributed by atoms with van der Waals surface area (Å²) < 4.78 is 5.45. The van der Waals surface area contributed by atoms with Gasteiger partial charge in [-0.1, -0.05) is 0 Å². The van der Waals surface area contributed by atoms with Gasteiger partial charge in [0, 0.05) is 38.3 Å². The summed E-state index contributed by atoms with van der Waals surface area (Å²) in [4.78, 5) is 13.9. The highest BCUT2D eigenvalue weighted by atomic mass is 16.6. The number of rotatable bonds is 5. The minimum absolute atomic E-state index is 0.168. The molecule has 1 saturated heterocycles. The molecule has 1 aliphatic carbocycles. The lowest BCUT2D eigenvalue weighted by Gasteiger charge is -2.31. The summed E-state index contributed by atoms with van der Waals surface area (Å²) in [7, 11) is 0. The summed E-state index contributed by atoms with van der Waals surface area (Å²) in [6.07, 6.45) is 2.06. The number of hydrogen-bond donors (Lipinski definition) is 2. The minimum atomic E-state index is -0.407. The number of amides is 1. The van der Waals surface area contributed by atoms with Gasteiger partial charge in [-0.2, -0.15) is 0 Å². The number of nitrogens with one attached hydrogen (secondary N) is 2. The Morgan fingerprint density at radius 3 is 2.50 bits per heavy atom. The monoisotopic (exact) mass is 255 g/mol. The Hall–Kier alpha value is -0.810. The number of carbonyl (C=O) groups excluding carboxylic acids is 1. The van der Waals surface area contributed by atoms with Crippen LogP contribution in [0.25, 0.3) is 0 Å². The lowest BCUT2D eigenvalue weighted by Crippen LogP contribution is -2.56. The molecule has 1 amide bonds. The van der Waals surface area contributed by atoms with Crippen LogP contribution < -0.4 is 10.6 Å². The van der Waals surface area contributed by atoms with E-state index in [1.807, 2.05) is 25.7 Å². The van der Waals surface area contributed by atoms with E-state index in [0.29, 0.717) is 12.1 Å². The van der Waals surface area contributed by atoms with Crippen molar-refractivity contribution in [3.8, 4) is 0 Å². The lowest BCUT2D eigenvalue weighted by atomic mass is 10.2. The largest absolute Gasteiger partial charge is 0.444 e. The van der Waals surface area contributed by atoms with Crippen LogP contribution in [0, 0.1) is 0 Å². The molecule has 0 bridgehead atoms. The number of hydrogen-bond acceptors (Lipinski definition) is 4. The standard InChI is InChI=1S/C13H25N3O2/c1-13(2,3)18-12(17)16(11-4-5-11)7-6-15-10-8-14-9-10/h10-11,14-15H,4-9H2,1-3H3. The van der Waals surface area contributed by atoms with Crippen molar-refractivity contribution in [2.24, 2.45) is 0 Å². The zero-order chi connectivity index (χ0) is 13.2. The predicted octanol–water partition coefficient (Wildman–Crippen LogP) is 0.947. The first-order valence-corrected chi connectivity index (χ1v) is 6.89. The van der Waals surface area contributed by atoms with Crippen LogP contribution in [0.5, 0.6) is 0 Å². The predicted molar refractivity (Wildman–Crippen MR) is 70.6 cm³/mol. The van der Waals surface area contributed by atoms with Gasteiger partial charge in [-0.3, -0.25) is 0 Å². The van der Waals surface area contributed by atoms with E-state index in [-0.39, 0.29) is 6.09 Å². The quantitative estimate of drug-likeness (QED) is 0.768. The molecule has 1 heterocycles. The molecule has 5 heteroatoms. The fraction of sp³-hybridized carbons (Fsp3) is 0.923. The SMILES string of the molecule is CC(C)(C)OC(=O)N(CCNC1CNC1)C1CC1. The minimum Gasteiger partial charge on any atom is -0.444 e. The number of carbonyl (C=O) groups is 1. The van der Waals surface area contributed by atoms with E-state index in [2.05, 4.69) is 10.6 Å². The Kier molecular flexibility index (Phi) is 4.12. The van der Waals surface area contributed by atoms with Crippen molar-refractivity contribution < 1.29 is 9.53 Å². The molecule has 1 saturated carbocycles. The van der Waals surface area contributed by atoms with Gasteiger partial charge in [0.1, 0.15) is 5.60 Å². The van der Waals surface area contributed by atoms with Gasteiger partial charge in [0.15, 0.2) is 0 Å². The molecule has 0 aromatic carbocycles. The van der Waals surface area contributed by atoms with Gasteiger partial charge in [-0.15, -0.1) is 0 Å². The zero-order valence-electron chi connectivity index (χ0n) is 11.7. The van der Waals surface area contributed by atoms with E-state index in [1.54, 1.807) is 0 Å². The molecule has 0 aromatic rings. The van der Waals surface area contributed by atoms with Crippen LogP contribution in [0.15, 0.2) is 0 Å². The fourth-order valence-electron chi connectivity index (χ4n) is 1.95. The van der Waals surface area contributed by atoms with Crippen LogP contribution in [-0.4, -0.2) is 54.9 Å². The molecule has 2 rings (SSSR count). The fourth-order valence-corrected chi connectivity index (χ4v) is 1.95. The molecule has 0 radical (unpaired) electrons. The summed E-state index contributed by atoms with van der Waals surface area (Å²) in [6.45, 7) is 9.40. The molecule has 2 N–H and O–H groups in total. The Bertz CT molecular complexity index is 293. The van der Waals surface area contributed by atoms with Crippen molar-refractivity contribution in [2.45, 2.75) is 51.3 Å². The van der Waals surface area contributed by atoms with Gasteiger partial charge in [0.2, 0.25) is 0 Å².